The number of ether oxygens (including phenoxy) is 1. The highest BCUT2D eigenvalue weighted by Crippen LogP contribution is 2.25. The van der Waals surface area contributed by atoms with Crippen LogP contribution in [0.15, 0.2) is 30.5 Å². The van der Waals surface area contributed by atoms with Crippen LogP contribution in [0.5, 0.6) is 11.6 Å². The predicted octanol–water partition coefficient (Wildman–Crippen LogP) is 3.49. The molecule has 0 amide bonds. The highest BCUT2D eigenvalue weighted by Gasteiger charge is 2.13. The molecule has 0 N–H and O–H groups in total. The Hall–Kier alpha value is -2.37. The first-order valence-corrected chi connectivity index (χ1v) is 5.27. The third-order valence-electron chi connectivity index (χ3n) is 2.30. The van der Waals surface area contributed by atoms with Crippen molar-refractivity contribution in [1.82, 2.24) is 4.98 Å². The molecule has 98 valence electrons. The van der Waals surface area contributed by atoms with Crippen molar-refractivity contribution in [1.29, 1.82) is 0 Å². The zero-order valence-electron chi connectivity index (χ0n) is 9.78. The number of hydrogen-bond donors (Lipinski definition) is 0. The number of benzene rings is 1. The van der Waals surface area contributed by atoms with Gasteiger partial charge in [-0.05, 0) is 25.1 Å². The van der Waals surface area contributed by atoms with Crippen molar-refractivity contribution in [3.63, 3.8) is 0 Å². The van der Waals surface area contributed by atoms with E-state index in [4.69, 9.17) is 4.74 Å². The standard InChI is InChI=1S/C13H8F3NO2/c1-7(18)10-4-8(14)6-17-13(10)19-9-2-3-11(15)12(16)5-9/h2-6H,1H3. The van der Waals surface area contributed by atoms with Gasteiger partial charge in [0.2, 0.25) is 5.88 Å². The Morgan fingerprint density at radius 1 is 1.16 bits per heavy atom. The molecule has 6 heteroatoms. The van der Waals surface area contributed by atoms with Crippen LogP contribution in [0, 0.1) is 17.5 Å². The van der Waals surface area contributed by atoms with Crippen molar-refractivity contribution >= 4 is 5.78 Å². The van der Waals surface area contributed by atoms with E-state index in [1.54, 1.807) is 0 Å². The highest BCUT2D eigenvalue weighted by atomic mass is 19.2. The zero-order valence-corrected chi connectivity index (χ0v) is 9.78. The minimum absolute atomic E-state index is 0.0412. The number of pyridine rings is 1. The molecule has 19 heavy (non-hydrogen) atoms. The van der Waals surface area contributed by atoms with Crippen LogP contribution in [-0.4, -0.2) is 10.8 Å². The molecule has 0 radical (unpaired) electrons. The third kappa shape index (κ3) is 2.90. The summed E-state index contributed by atoms with van der Waals surface area (Å²) < 4.78 is 43.9. The van der Waals surface area contributed by atoms with E-state index < -0.39 is 23.2 Å². The maximum Gasteiger partial charge on any atom is 0.230 e. The lowest BCUT2D eigenvalue weighted by Crippen LogP contribution is -2.01. The molecule has 0 aliphatic heterocycles. The monoisotopic (exact) mass is 267 g/mol. The number of nitrogens with zero attached hydrogens (tertiary/aromatic N) is 1. The van der Waals surface area contributed by atoms with Crippen LogP contribution < -0.4 is 4.74 Å². The fourth-order valence-corrected chi connectivity index (χ4v) is 1.41. The molecule has 1 heterocycles. The summed E-state index contributed by atoms with van der Waals surface area (Å²) >= 11 is 0. The maximum absolute atomic E-state index is 13.0. The summed E-state index contributed by atoms with van der Waals surface area (Å²) in [6.07, 6.45) is 0.863. The average molecular weight is 267 g/mol. The minimum Gasteiger partial charge on any atom is -0.438 e. The Bertz CT molecular complexity index is 644. The number of carbonyl (C=O) groups excluding carboxylic acids is 1. The summed E-state index contributed by atoms with van der Waals surface area (Å²) in [5.41, 5.74) is -0.0790. The van der Waals surface area contributed by atoms with Gasteiger partial charge in [0.1, 0.15) is 11.6 Å². The third-order valence-corrected chi connectivity index (χ3v) is 2.30. The van der Waals surface area contributed by atoms with Crippen LogP contribution in [0.4, 0.5) is 13.2 Å². The van der Waals surface area contributed by atoms with Crippen LogP contribution in [0.3, 0.4) is 0 Å². The quantitative estimate of drug-likeness (QED) is 0.799. The molecule has 1 aromatic heterocycles. The molecule has 0 aliphatic rings. The number of carbonyl (C=O) groups is 1. The number of Topliss-reactive ketones (excluding diaryl/α,β-unsaturated/α-hetero) is 1. The summed E-state index contributed by atoms with van der Waals surface area (Å²) in [5, 5.41) is 0. The molecule has 0 saturated carbocycles. The lowest BCUT2D eigenvalue weighted by Gasteiger charge is -2.08. The first kappa shape index (κ1) is 13.1. The smallest absolute Gasteiger partial charge is 0.230 e. The molecule has 3 nitrogen and oxygen atoms in total. The first-order chi connectivity index (χ1) is 8.97. The van der Waals surface area contributed by atoms with Crippen molar-refractivity contribution in [2.24, 2.45) is 0 Å². The number of ketones is 1. The molecule has 0 fully saturated rings. The van der Waals surface area contributed by atoms with Gasteiger partial charge >= 0.3 is 0 Å². The maximum atomic E-state index is 13.0. The van der Waals surface area contributed by atoms with E-state index in [1.807, 2.05) is 0 Å². The van der Waals surface area contributed by atoms with Crippen LogP contribution in [-0.2, 0) is 0 Å². The molecule has 2 aromatic rings. The van der Waals surface area contributed by atoms with Gasteiger partial charge in [0, 0.05) is 6.07 Å². The van der Waals surface area contributed by atoms with Gasteiger partial charge in [0.05, 0.1) is 11.8 Å². The summed E-state index contributed by atoms with van der Waals surface area (Å²) in [5.74, 6) is -3.47. The molecular formula is C13H8F3NO2. The fraction of sp³-hybridized carbons (Fsp3) is 0.0769. The van der Waals surface area contributed by atoms with Crippen LogP contribution in [0.2, 0.25) is 0 Å². The van der Waals surface area contributed by atoms with Crippen molar-refractivity contribution in [3.05, 3.63) is 53.5 Å². The van der Waals surface area contributed by atoms with Crippen LogP contribution >= 0.6 is 0 Å². The van der Waals surface area contributed by atoms with Gasteiger partial charge in [-0.3, -0.25) is 4.79 Å². The van der Waals surface area contributed by atoms with E-state index in [-0.39, 0.29) is 17.2 Å². The van der Waals surface area contributed by atoms with E-state index in [1.165, 1.54) is 13.0 Å². The van der Waals surface area contributed by atoms with E-state index in [0.29, 0.717) is 0 Å². The second kappa shape index (κ2) is 5.09. The van der Waals surface area contributed by atoms with Crippen molar-refractivity contribution in [3.8, 4) is 11.6 Å². The first-order valence-electron chi connectivity index (χ1n) is 5.27. The Kier molecular flexibility index (Phi) is 3.50. The Balaban J connectivity index is 2.37. The van der Waals surface area contributed by atoms with Crippen LogP contribution in [0.25, 0.3) is 0 Å². The van der Waals surface area contributed by atoms with Gasteiger partial charge < -0.3 is 4.74 Å². The number of rotatable bonds is 3. The van der Waals surface area contributed by atoms with Crippen molar-refractivity contribution in [2.75, 3.05) is 0 Å². The van der Waals surface area contributed by atoms with E-state index in [0.717, 1.165) is 24.4 Å². The van der Waals surface area contributed by atoms with Gasteiger partial charge in [-0.2, -0.15) is 0 Å². The Labute approximate surface area is 106 Å². The Morgan fingerprint density at radius 3 is 2.53 bits per heavy atom. The van der Waals surface area contributed by atoms with Gasteiger partial charge in [-0.25, -0.2) is 18.2 Å². The van der Waals surface area contributed by atoms with Crippen molar-refractivity contribution < 1.29 is 22.7 Å². The fourth-order valence-electron chi connectivity index (χ4n) is 1.41. The minimum atomic E-state index is -1.09. The number of halogens is 3. The molecule has 0 saturated heterocycles. The van der Waals surface area contributed by atoms with Crippen molar-refractivity contribution in [2.45, 2.75) is 6.92 Å². The Morgan fingerprint density at radius 2 is 1.89 bits per heavy atom. The predicted molar refractivity (Wildman–Crippen MR) is 60.6 cm³/mol. The average Bonchev–Trinajstić information content (AvgIpc) is 2.36. The molecule has 0 aliphatic carbocycles. The van der Waals surface area contributed by atoms with Gasteiger partial charge in [-0.15, -0.1) is 0 Å². The molecule has 2 rings (SSSR count). The topological polar surface area (TPSA) is 39.2 Å². The molecule has 0 atom stereocenters. The SMILES string of the molecule is CC(=O)c1cc(F)cnc1Oc1ccc(F)c(F)c1. The second-order valence-corrected chi connectivity index (χ2v) is 3.74. The summed E-state index contributed by atoms with van der Waals surface area (Å²) in [4.78, 5) is 14.9. The second-order valence-electron chi connectivity index (χ2n) is 3.74. The summed E-state index contributed by atoms with van der Waals surface area (Å²) in [7, 11) is 0. The summed E-state index contributed by atoms with van der Waals surface area (Å²) in [6, 6.07) is 3.82. The van der Waals surface area contributed by atoms with E-state index in [2.05, 4.69) is 4.98 Å². The normalized spacial score (nSPS) is 10.3. The lowest BCUT2D eigenvalue weighted by molar-refractivity contribution is 0.101. The van der Waals surface area contributed by atoms with E-state index >= 15 is 0 Å². The van der Waals surface area contributed by atoms with Gasteiger partial charge in [-0.1, -0.05) is 0 Å². The molecule has 1 aromatic carbocycles. The number of hydrogen-bond acceptors (Lipinski definition) is 3. The molecule has 0 bridgehead atoms. The zero-order chi connectivity index (χ0) is 14.0. The molecule has 0 unspecified atom stereocenters. The number of aromatic nitrogens is 1. The molecule has 0 spiro atoms. The lowest BCUT2D eigenvalue weighted by atomic mass is 10.2. The largest absolute Gasteiger partial charge is 0.438 e. The molecular weight excluding hydrogens is 259 g/mol. The van der Waals surface area contributed by atoms with Gasteiger partial charge in [0.15, 0.2) is 17.4 Å². The van der Waals surface area contributed by atoms with E-state index in [9.17, 15) is 18.0 Å². The summed E-state index contributed by atoms with van der Waals surface area (Å²) in [6.45, 7) is 1.22. The van der Waals surface area contributed by atoms with Gasteiger partial charge in [0.25, 0.3) is 0 Å². The highest BCUT2D eigenvalue weighted by molar-refractivity contribution is 5.96. The van der Waals surface area contributed by atoms with Crippen LogP contribution in [0.1, 0.15) is 17.3 Å².